The molecular formula is C36H27OP. The Morgan fingerprint density at radius 1 is 0.289 bits per heavy atom. The minimum atomic E-state index is -3.39. The summed E-state index contributed by atoms with van der Waals surface area (Å²) < 4.78 is 16.2. The second-order valence-electron chi connectivity index (χ2n) is 9.26. The molecule has 0 N–H and O–H groups in total. The Morgan fingerprint density at radius 3 is 0.816 bits per heavy atom. The van der Waals surface area contributed by atoms with Crippen molar-refractivity contribution in [2.45, 2.75) is 0 Å². The van der Waals surface area contributed by atoms with Crippen molar-refractivity contribution in [2.24, 2.45) is 0 Å². The van der Waals surface area contributed by atoms with E-state index < -0.39 is 7.14 Å². The lowest BCUT2D eigenvalue weighted by Gasteiger charge is -2.27. The largest absolute Gasteiger partial charge is 0.309 e. The van der Waals surface area contributed by atoms with Gasteiger partial charge in [0.05, 0.1) is 0 Å². The molecule has 0 unspecified atom stereocenters. The summed E-state index contributed by atoms with van der Waals surface area (Å²) in [4.78, 5) is 0. The molecule has 182 valence electrons. The molecule has 0 atom stereocenters. The van der Waals surface area contributed by atoms with E-state index in [9.17, 15) is 0 Å². The minimum Gasteiger partial charge on any atom is -0.309 e. The van der Waals surface area contributed by atoms with Crippen LogP contribution in [-0.4, -0.2) is 0 Å². The summed E-state index contributed by atoms with van der Waals surface area (Å²) in [5.41, 5.74) is 6.12. The van der Waals surface area contributed by atoms with E-state index in [0.717, 1.165) is 49.3 Å². The molecule has 0 spiro atoms. The second-order valence-corrected chi connectivity index (χ2v) is 11.9. The van der Waals surface area contributed by atoms with Crippen molar-refractivity contribution in [3.8, 4) is 33.4 Å². The number of benzene rings is 6. The molecule has 0 bridgehead atoms. The average Bonchev–Trinajstić information content (AvgIpc) is 3.02. The molecule has 6 rings (SSSR count). The van der Waals surface area contributed by atoms with Gasteiger partial charge in [0.25, 0.3) is 0 Å². The predicted octanol–water partition coefficient (Wildman–Crippen LogP) is 8.33. The van der Waals surface area contributed by atoms with Crippen LogP contribution in [-0.2, 0) is 4.57 Å². The highest BCUT2D eigenvalue weighted by atomic mass is 31.2. The van der Waals surface area contributed by atoms with Gasteiger partial charge in [-0.3, -0.25) is 0 Å². The van der Waals surface area contributed by atoms with Gasteiger partial charge in [0.2, 0.25) is 0 Å². The summed E-state index contributed by atoms with van der Waals surface area (Å²) in [5.74, 6) is 0. The Labute approximate surface area is 224 Å². The predicted molar refractivity (Wildman–Crippen MR) is 162 cm³/mol. The number of hydrogen-bond acceptors (Lipinski definition) is 1. The summed E-state index contributed by atoms with van der Waals surface area (Å²) >= 11 is 0. The zero-order chi connectivity index (χ0) is 25.8. The fourth-order valence-electron chi connectivity index (χ4n) is 5.22. The summed E-state index contributed by atoms with van der Waals surface area (Å²) in [5, 5.41) is 2.54. The van der Waals surface area contributed by atoms with Crippen LogP contribution in [0.5, 0.6) is 0 Å². The van der Waals surface area contributed by atoms with Crippen LogP contribution >= 0.6 is 7.14 Å². The van der Waals surface area contributed by atoms with Gasteiger partial charge in [0.1, 0.15) is 0 Å². The van der Waals surface area contributed by atoms with Crippen molar-refractivity contribution >= 4 is 23.1 Å². The number of rotatable bonds is 6. The molecular weight excluding hydrogens is 479 g/mol. The van der Waals surface area contributed by atoms with Crippen LogP contribution in [0.15, 0.2) is 164 Å². The topological polar surface area (TPSA) is 17.1 Å². The van der Waals surface area contributed by atoms with Crippen LogP contribution < -0.4 is 15.9 Å². The normalized spacial score (nSPS) is 11.3. The van der Waals surface area contributed by atoms with Gasteiger partial charge in [-0.15, -0.1) is 0 Å². The van der Waals surface area contributed by atoms with Crippen LogP contribution in [0.4, 0.5) is 0 Å². The molecule has 0 aliphatic heterocycles. The maximum Gasteiger partial charge on any atom is 0.172 e. The third-order valence-corrected chi connectivity index (χ3v) is 10.2. The van der Waals surface area contributed by atoms with Crippen molar-refractivity contribution in [3.05, 3.63) is 164 Å². The van der Waals surface area contributed by atoms with E-state index in [1.807, 2.05) is 109 Å². The quantitative estimate of drug-likeness (QED) is 0.208. The third-order valence-electron chi connectivity index (χ3n) is 6.98. The molecule has 6 aromatic rings. The van der Waals surface area contributed by atoms with Crippen LogP contribution in [0.3, 0.4) is 0 Å². The molecule has 0 fully saturated rings. The maximum atomic E-state index is 16.2. The molecule has 38 heavy (non-hydrogen) atoms. The van der Waals surface area contributed by atoms with Crippen molar-refractivity contribution in [3.63, 3.8) is 0 Å². The summed E-state index contributed by atoms with van der Waals surface area (Å²) in [6, 6.07) is 55.3. The van der Waals surface area contributed by atoms with E-state index in [2.05, 4.69) is 54.6 Å². The minimum absolute atomic E-state index is 0.845. The van der Waals surface area contributed by atoms with Crippen molar-refractivity contribution < 1.29 is 4.57 Å². The zero-order valence-corrected chi connectivity index (χ0v) is 21.8. The van der Waals surface area contributed by atoms with Gasteiger partial charge in [-0.05, 0) is 33.4 Å². The standard InChI is InChI=1S/C36H27OP/c37-38(34-25-13-10-22-31(34)28-16-4-1-5-17-28,35-26-14-11-23-32(35)29-18-6-2-7-19-29)36-27-15-12-24-33(36)30-20-8-3-9-21-30/h1-27H. The number of hydrogen-bond donors (Lipinski definition) is 0. The monoisotopic (exact) mass is 506 g/mol. The van der Waals surface area contributed by atoms with Crippen molar-refractivity contribution in [2.75, 3.05) is 0 Å². The van der Waals surface area contributed by atoms with Crippen molar-refractivity contribution in [1.29, 1.82) is 0 Å². The Hall–Kier alpha value is -4.45. The Balaban J connectivity index is 1.72. The third kappa shape index (κ3) is 4.32. The van der Waals surface area contributed by atoms with Gasteiger partial charge in [0, 0.05) is 15.9 Å². The molecule has 2 heteroatoms. The van der Waals surface area contributed by atoms with Gasteiger partial charge in [-0.25, -0.2) is 0 Å². The average molecular weight is 507 g/mol. The summed E-state index contributed by atoms with van der Waals surface area (Å²) in [6.07, 6.45) is 0. The first-order valence-corrected chi connectivity index (χ1v) is 14.5. The first-order valence-electron chi connectivity index (χ1n) is 12.8. The van der Waals surface area contributed by atoms with Gasteiger partial charge in [-0.1, -0.05) is 164 Å². The molecule has 0 aliphatic carbocycles. The van der Waals surface area contributed by atoms with Gasteiger partial charge in [0.15, 0.2) is 7.14 Å². The fourth-order valence-corrected chi connectivity index (χ4v) is 8.51. The van der Waals surface area contributed by atoms with Gasteiger partial charge >= 0.3 is 0 Å². The molecule has 0 saturated heterocycles. The molecule has 1 nitrogen and oxygen atoms in total. The lowest BCUT2D eigenvalue weighted by Crippen LogP contribution is -2.28. The van der Waals surface area contributed by atoms with Crippen LogP contribution in [0.1, 0.15) is 0 Å². The van der Waals surface area contributed by atoms with E-state index in [-0.39, 0.29) is 0 Å². The SMILES string of the molecule is O=P(c1ccccc1-c1ccccc1)(c1ccccc1-c1ccccc1)c1ccccc1-c1ccccc1. The van der Waals surface area contributed by atoms with Crippen molar-refractivity contribution in [1.82, 2.24) is 0 Å². The molecule has 0 radical (unpaired) electrons. The van der Waals surface area contributed by atoms with Gasteiger partial charge < -0.3 is 4.57 Å². The smallest absolute Gasteiger partial charge is 0.172 e. The summed E-state index contributed by atoms with van der Waals surface area (Å²) in [6.45, 7) is 0. The first kappa shape index (κ1) is 23.9. The highest BCUT2D eigenvalue weighted by Gasteiger charge is 2.36. The Morgan fingerprint density at radius 2 is 0.526 bits per heavy atom. The molecule has 0 aliphatic rings. The van der Waals surface area contributed by atoms with E-state index in [0.29, 0.717) is 0 Å². The second kappa shape index (κ2) is 10.5. The lowest BCUT2D eigenvalue weighted by atomic mass is 10.1. The Bertz CT molecular complexity index is 1520. The zero-order valence-electron chi connectivity index (χ0n) is 20.9. The molecule has 0 heterocycles. The summed E-state index contributed by atoms with van der Waals surface area (Å²) in [7, 11) is -3.39. The molecule has 0 amide bonds. The fraction of sp³-hybridized carbons (Fsp3) is 0. The van der Waals surface area contributed by atoms with E-state index >= 15 is 4.57 Å². The highest BCUT2D eigenvalue weighted by Crippen LogP contribution is 2.49. The molecule has 0 aromatic heterocycles. The van der Waals surface area contributed by atoms with Crippen LogP contribution in [0, 0.1) is 0 Å². The van der Waals surface area contributed by atoms with Crippen LogP contribution in [0.2, 0.25) is 0 Å². The molecule has 6 aromatic carbocycles. The van der Waals surface area contributed by atoms with E-state index in [1.54, 1.807) is 0 Å². The van der Waals surface area contributed by atoms with E-state index in [1.165, 1.54) is 0 Å². The van der Waals surface area contributed by atoms with Crippen LogP contribution in [0.25, 0.3) is 33.4 Å². The van der Waals surface area contributed by atoms with E-state index in [4.69, 9.17) is 0 Å². The Kier molecular flexibility index (Phi) is 6.61. The maximum absolute atomic E-state index is 16.2. The van der Waals surface area contributed by atoms with Gasteiger partial charge in [-0.2, -0.15) is 0 Å². The molecule has 0 saturated carbocycles. The first-order chi connectivity index (χ1) is 18.8. The highest BCUT2D eigenvalue weighted by molar-refractivity contribution is 7.86. The lowest BCUT2D eigenvalue weighted by molar-refractivity contribution is 0.592.